The monoisotopic (exact) mass is 307 g/mol. The minimum absolute atomic E-state index is 0.218. The fraction of sp³-hybridized carbons (Fsp3) is 0.375. The van der Waals surface area contributed by atoms with Crippen molar-refractivity contribution in [2.75, 3.05) is 20.1 Å². The largest absolute Gasteiger partial charge is 0.335 e. The molecular weight excluding hydrogens is 290 g/mol. The summed E-state index contributed by atoms with van der Waals surface area (Å²) in [5.41, 5.74) is 2.51. The molecule has 116 valence electrons. The molecule has 0 N–H and O–H groups in total. The maximum Gasteiger partial charge on any atom is 0.143 e. The minimum Gasteiger partial charge on any atom is -0.335 e. The average molecular weight is 307 g/mol. The van der Waals surface area contributed by atoms with Gasteiger partial charge in [0.15, 0.2) is 0 Å². The third-order valence-electron chi connectivity index (χ3n) is 4.54. The predicted molar refractivity (Wildman–Crippen MR) is 85.4 cm³/mol. The van der Waals surface area contributed by atoms with Crippen molar-refractivity contribution in [3.05, 3.63) is 31.0 Å². The molecule has 0 saturated carbocycles. The van der Waals surface area contributed by atoms with Gasteiger partial charge in [-0.1, -0.05) is 0 Å². The molecule has 0 spiro atoms. The third-order valence-corrected chi connectivity index (χ3v) is 4.54. The van der Waals surface area contributed by atoms with Crippen molar-refractivity contribution < 1.29 is 0 Å². The minimum atomic E-state index is -0.218. The molecule has 7 heteroatoms. The normalized spacial score (nSPS) is 17.1. The van der Waals surface area contributed by atoms with E-state index >= 15 is 0 Å². The number of hydrogen-bond donors (Lipinski definition) is 0. The van der Waals surface area contributed by atoms with Gasteiger partial charge in [-0.05, 0) is 13.1 Å². The third kappa shape index (κ3) is 2.03. The first-order valence-electron chi connectivity index (χ1n) is 7.50. The Hall–Kier alpha value is -2.72. The van der Waals surface area contributed by atoms with Gasteiger partial charge < -0.3 is 9.47 Å². The van der Waals surface area contributed by atoms with E-state index in [9.17, 15) is 0 Å². The van der Waals surface area contributed by atoms with E-state index in [4.69, 9.17) is 5.26 Å². The van der Waals surface area contributed by atoms with Crippen LogP contribution in [-0.2, 0) is 12.6 Å². The molecule has 1 aliphatic rings. The van der Waals surface area contributed by atoms with Gasteiger partial charge in [0.25, 0.3) is 0 Å². The summed E-state index contributed by atoms with van der Waals surface area (Å²) in [6.45, 7) is 1.68. The summed E-state index contributed by atoms with van der Waals surface area (Å²) >= 11 is 0. The summed E-state index contributed by atoms with van der Waals surface area (Å²) in [5, 5.41) is 14.7. The van der Waals surface area contributed by atoms with E-state index in [2.05, 4.69) is 33.1 Å². The Morgan fingerprint density at radius 1 is 1.30 bits per heavy atom. The molecule has 1 aliphatic heterocycles. The molecule has 0 atom stereocenters. The Labute approximate surface area is 133 Å². The standard InChI is InChI=1S/C16H17N7/c1-21-9-16(10-21,4-5-17)23-8-12(7-20-23)14-13-3-6-22(2)15(13)19-11-18-14/h3,6-8,11H,4,9-10H2,1-2H3. The van der Waals surface area contributed by atoms with Crippen molar-refractivity contribution in [3.8, 4) is 17.3 Å². The first-order chi connectivity index (χ1) is 11.1. The second-order valence-corrected chi connectivity index (χ2v) is 6.29. The molecule has 1 saturated heterocycles. The number of nitriles is 1. The zero-order valence-corrected chi connectivity index (χ0v) is 13.1. The maximum absolute atomic E-state index is 9.15. The highest BCUT2D eigenvalue weighted by Crippen LogP contribution is 2.33. The number of nitrogens with zero attached hydrogens (tertiary/aromatic N) is 7. The molecule has 0 aliphatic carbocycles. The highest BCUT2D eigenvalue weighted by atomic mass is 15.4. The van der Waals surface area contributed by atoms with E-state index in [1.54, 1.807) is 6.33 Å². The Kier molecular flexibility index (Phi) is 2.96. The van der Waals surface area contributed by atoms with E-state index in [0.29, 0.717) is 6.42 Å². The van der Waals surface area contributed by atoms with Gasteiger partial charge in [0.1, 0.15) is 17.5 Å². The molecule has 4 heterocycles. The lowest BCUT2D eigenvalue weighted by Crippen LogP contribution is -2.61. The lowest BCUT2D eigenvalue weighted by molar-refractivity contribution is 0.0265. The fourth-order valence-corrected chi connectivity index (χ4v) is 3.46. The van der Waals surface area contributed by atoms with Gasteiger partial charge in [-0.15, -0.1) is 0 Å². The van der Waals surface area contributed by atoms with E-state index < -0.39 is 0 Å². The van der Waals surface area contributed by atoms with Crippen molar-refractivity contribution in [2.45, 2.75) is 12.0 Å². The van der Waals surface area contributed by atoms with Crippen LogP contribution in [0.5, 0.6) is 0 Å². The molecular formula is C16H17N7. The summed E-state index contributed by atoms with van der Waals surface area (Å²) in [5.74, 6) is 0. The lowest BCUT2D eigenvalue weighted by atomic mass is 9.87. The van der Waals surface area contributed by atoms with Crippen LogP contribution < -0.4 is 0 Å². The van der Waals surface area contributed by atoms with Gasteiger partial charge >= 0.3 is 0 Å². The summed E-state index contributed by atoms with van der Waals surface area (Å²) in [7, 11) is 4.02. The Balaban J connectivity index is 1.77. The lowest BCUT2D eigenvalue weighted by Gasteiger charge is -2.47. The van der Waals surface area contributed by atoms with Gasteiger partial charge in [-0.25, -0.2) is 9.97 Å². The topological polar surface area (TPSA) is 75.6 Å². The zero-order chi connectivity index (χ0) is 16.0. The summed E-state index contributed by atoms with van der Waals surface area (Å²) < 4.78 is 3.91. The van der Waals surface area contributed by atoms with E-state index in [0.717, 1.165) is 35.4 Å². The SMILES string of the molecule is CN1CC(CC#N)(n2cc(-c3ncnc4c3ccn4C)cn2)C1. The van der Waals surface area contributed by atoms with E-state index in [1.165, 1.54) is 0 Å². The fourth-order valence-electron chi connectivity index (χ4n) is 3.46. The summed E-state index contributed by atoms with van der Waals surface area (Å²) in [6, 6.07) is 4.31. The molecule has 0 radical (unpaired) electrons. The average Bonchev–Trinajstić information content (AvgIpc) is 3.13. The van der Waals surface area contributed by atoms with E-state index in [-0.39, 0.29) is 5.54 Å². The first kappa shape index (κ1) is 13.9. The Bertz CT molecular complexity index is 908. The molecule has 1 fully saturated rings. The Morgan fingerprint density at radius 2 is 2.13 bits per heavy atom. The predicted octanol–water partition coefficient (Wildman–Crippen LogP) is 1.39. The highest BCUT2D eigenvalue weighted by Gasteiger charge is 2.43. The smallest absolute Gasteiger partial charge is 0.143 e. The van der Waals surface area contributed by atoms with Crippen LogP contribution in [0, 0.1) is 11.3 Å². The summed E-state index contributed by atoms with van der Waals surface area (Å²) in [4.78, 5) is 11.0. The van der Waals surface area contributed by atoms with Gasteiger partial charge in [-0.3, -0.25) is 4.68 Å². The molecule has 0 aromatic carbocycles. The number of aryl methyl sites for hydroxylation is 1. The number of hydrogen-bond acceptors (Lipinski definition) is 5. The quantitative estimate of drug-likeness (QED) is 0.731. The first-order valence-corrected chi connectivity index (χ1v) is 7.50. The molecule has 7 nitrogen and oxygen atoms in total. The van der Waals surface area contributed by atoms with Crippen molar-refractivity contribution in [1.82, 2.24) is 29.2 Å². The maximum atomic E-state index is 9.15. The van der Waals surface area contributed by atoms with Crippen LogP contribution in [0.2, 0.25) is 0 Å². The van der Waals surface area contributed by atoms with Gasteiger partial charge in [0, 0.05) is 43.5 Å². The highest BCUT2D eigenvalue weighted by molar-refractivity contribution is 5.90. The zero-order valence-electron chi connectivity index (χ0n) is 13.1. The molecule has 3 aromatic rings. The number of aromatic nitrogens is 5. The van der Waals surface area contributed by atoms with E-state index in [1.807, 2.05) is 41.0 Å². The van der Waals surface area contributed by atoms with Gasteiger partial charge in [0.2, 0.25) is 0 Å². The Morgan fingerprint density at radius 3 is 2.87 bits per heavy atom. The number of rotatable bonds is 3. The van der Waals surface area contributed by atoms with Crippen LogP contribution >= 0.6 is 0 Å². The molecule has 4 rings (SSSR count). The van der Waals surface area contributed by atoms with Crippen LogP contribution in [0.25, 0.3) is 22.3 Å². The second kappa shape index (κ2) is 4.89. The molecule has 23 heavy (non-hydrogen) atoms. The molecule has 0 amide bonds. The number of fused-ring (bicyclic) bond motifs is 1. The van der Waals surface area contributed by atoms with Crippen molar-refractivity contribution >= 4 is 11.0 Å². The van der Waals surface area contributed by atoms with Crippen LogP contribution in [0.3, 0.4) is 0 Å². The van der Waals surface area contributed by atoms with Crippen LogP contribution in [0.4, 0.5) is 0 Å². The molecule has 0 unspecified atom stereocenters. The summed E-state index contributed by atoms with van der Waals surface area (Å²) in [6.07, 6.45) is 7.84. The van der Waals surface area contributed by atoms with Crippen LogP contribution in [-0.4, -0.2) is 49.4 Å². The van der Waals surface area contributed by atoms with Gasteiger partial charge in [-0.2, -0.15) is 10.4 Å². The van der Waals surface area contributed by atoms with Gasteiger partial charge in [0.05, 0.1) is 24.4 Å². The second-order valence-electron chi connectivity index (χ2n) is 6.29. The van der Waals surface area contributed by atoms with Crippen molar-refractivity contribution in [1.29, 1.82) is 5.26 Å². The van der Waals surface area contributed by atoms with Crippen LogP contribution in [0.15, 0.2) is 31.0 Å². The van der Waals surface area contributed by atoms with Crippen molar-refractivity contribution in [2.24, 2.45) is 7.05 Å². The van der Waals surface area contributed by atoms with Crippen LogP contribution in [0.1, 0.15) is 6.42 Å². The number of likely N-dealkylation sites (tertiary alicyclic amines) is 1. The number of likely N-dealkylation sites (N-methyl/N-ethyl adjacent to an activating group) is 1. The molecule has 0 bridgehead atoms. The van der Waals surface area contributed by atoms with Crippen molar-refractivity contribution in [3.63, 3.8) is 0 Å². The molecule has 3 aromatic heterocycles.